The van der Waals surface area contributed by atoms with Gasteiger partial charge in [0, 0.05) is 0 Å². The number of aliphatic carboxylic acids is 1. The van der Waals surface area contributed by atoms with Crippen molar-refractivity contribution < 1.29 is 34.2 Å². The standard InChI is InChI=1S/C27H34N2O7/c1-26(23(32)28-19-22(30)31,17-20-11-5-3-6-12-20)15-9-10-16-27(2,24(33)29-36-25(34)35)18-21-13-7-4-8-14-21/h3-8,11-14H,9-10,15-19H2,1-2H3,(H,28,32)(H,29,33)(H,30,31)(H,34,35)/t26-,27-/m1/s1. The fraction of sp³-hybridized carbons (Fsp3) is 0.407. The number of benzene rings is 2. The highest BCUT2D eigenvalue weighted by Gasteiger charge is 2.36. The first-order valence-electron chi connectivity index (χ1n) is 11.8. The third-order valence-corrected chi connectivity index (χ3v) is 6.31. The van der Waals surface area contributed by atoms with Crippen LogP contribution in [0.5, 0.6) is 0 Å². The Morgan fingerprint density at radius 3 is 1.61 bits per heavy atom. The van der Waals surface area contributed by atoms with Crippen molar-refractivity contribution in [2.75, 3.05) is 6.54 Å². The van der Waals surface area contributed by atoms with Crippen molar-refractivity contribution in [3.63, 3.8) is 0 Å². The van der Waals surface area contributed by atoms with Gasteiger partial charge in [-0.3, -0.25) is 14.4 Å². The molecule has 0 saturated carbocycles. The van der Waals surface area contributed by atoms with Gasteiger partial charge in [-0.15, -0.1) is 0 Å². The zero-order valence-corrected chi connectivity index (χ0v) is 20.7. The molecular weight excluding hydrogens is 464 g/mol. The molecule has 2 rings (SSSR count). The Morgan fingerprint density at radius 1 is 0.750 bits per heavy atom. The lowest BCUT2D eigenvalue weighted by molar-refractivity contribution is -0.141. The van der Waals surface area contributed by atoms with Crippen molar-refractivity contribution in [3.8, 4) is 0 Å². The number of nitrogens with one attached hydrogen (secondary N) is 2. The van der Waals surface area contributed by atoms with Crippen molar-refractivity contribution >= 4 is 23.9 Å². The predicted molar refractivity (Wildman–Crippen MR) is 133 cm³/mol. The fourth-order valence-electron chi connectivity index (χ4n) is 4.27. The molecular formula is C27H34N2O7. The number of rotatable bonds is 13. The summed E-state index contributed by atoms with van der Waals surface area (Å²) in [5.41, 5.74) is 2.11. The quantitative estimate of drug-likeness (QED) is 0.242. The number of carboxylic acid groups (broad SMARTS) is 2. The van der Waals surface area contributed by atoms with Gasteiger partial charge < -0.3 is 20.4 Å². The van der Waals surface area contributed by atoms with E-state index in [0.29, 0.717) is 38.5 Å². The van der Waals surface area contributed by atoms with Crippen LogP contribution < -0.4 is 10.8 Å². The molecule has 2 amide bonds. The van der Waals surface area contributed by atoms with Gasteiger partial charge in [0.2, 0.25) is 5.91 Å². The van der Waals surface area contributed by atoms with Crippen LogP contribution in [0.4, 0.5) is 4.79 Å². The maximum atomic E-state index is 13.0. The van der Waals surface area contributed by atoms with Crippen LogP contribution in [0.15, 0.2) is 60.7 Å². The number of hydrogen-bond acceptors (Lipinski definition) is 5. The minimum atomic E-state index is -1.60. The lowest BCUT2D eigenvalue weighted by Gasteiger charge is -2.30. The lowest BCUT2D eigenvalue weighted by atomic mass is 9.75. The first kappa shape index (κ1) is 28.4. The largest absolute Gasteiger partial charge is 0.530 e. The van der Waals surface area contributed by atoms with E-state index in [0.717, 1.165) is 11.1 Å². The molecule has 0 aliphatic rings. The molecule has 0 heterocycles. The Bertz CT molecular complexity index is 945. The van der Waals surface area contributed by atoms with E-state index >= 15 is 0 Å². The third kappa shape index (κ3) is 9.05. The molecule has 2 atom stereocenters. The number of unbranched alkanes of at least 4 members (excludes halogenated alkanes) is 1. The Labute approximate surface area is 210 Å². The van der Waals surface area contributed by atoms with Crippen molar-refractivity contribution in [2.24, 2.45) is 10.8 Å². The number of amides is 2. The third-order valence-electron chi connectivity index (χ3n) is 6.31. The number of hydrogen-bond donors (Lipinski definition) is 4. The summed E-state index contributed by atoms with van der Waals surface area (Å²) < 4.78 is 0. The van der Waals surface area contributed by atoms with Crippen LogP contribution in [0.25, 0.3) is 0 Å². The van der Waals surface area contributed by atoms with Gasteiger partial charge >= 0.3 is 12.1 Å². The SMILES string of the molecule is C[C@@](CCCC[C@](C)(Cc1ccccc1)C(=O)NOC(=O)O)(Cc1ccccc1)C(=O)NCC(=O)O. The summed E-state index contributed by atoms with van der Waals surface area (Å²) in [5, 5.41) is 20.2. The minimum Gasteiger partial charge on any atom is -0.480 e. The molecule has 2 aromatic carbocycles. The van der Waals surface area contributed by atoms with E-state index in [1.54, 1.807) is 6.92 Å². The molecule has 9 nitrogen and oxygen atoms in total. The highest BCUT2D eigenvalue weighted by atomic mass is 16.8. The van der Waals surface area contributed by atoms with Crippen LogP contribution in [0, 0.1) is 10.8 Å². The minimum absolute atomic E-state index is 0.339. The summed E-state index contributed by atoms with van der Waals surface area (Å²) in [6, 6.07) is 18.9. The Kier molecular flexibility index (Phi) is 10.5. The van der Waals surface area contributed by atoms with E-state index in [1.807, 2.05) is 73.1 Å². The average molecular weight is 499 g/mol. The maximum absolute atomic E-state index is 13.0. The van der Waals surface area contributed by atoms with Crippen LogP contribution in [0.3, 0.4) is 0 Å². The van der Waals surface area contributed by atoms with Crippen molar-refractivity contribution in [2.45, 2.75) is 52.4 Å². The van der Waals surface area contributed by atoms with Gasteiger partial charge in [0.25, 0.3) is 5.91 Å². The second kappa shape index (κ2) is 13.3. The number of carbonyl (C=O) groups is 4. The summed E-state index contributed by atoms with van der Waals surface area (Å²) in [5.74, 6) is -2.00. The molecule has 0 radical (unpaired) electrons. The normalized spacial score (nSPS) is 14.1. The molecule has 0 bridgehead atoms. The van der Waals surface area contributed by atoms with Crippen LogP contribution in [0.1, 0.15) is 50.7 Å². The molecule has 0 unspecified atom stereocenters. The second-order valence-electron chi connectivity index (χ2n) is 9.53. The van der Waals surface area contributed by atoms with Gasteiger partial charge in [-0.25, -0.2) is 4.79 Å². The summed E-state index contributed by atoms with van der Waals surface area (Å²) >= 11 is 0. The van der Waals surface area contributed by atoms with Crippen molar-refractivity contribution in [1.29, 1.82) is 0 Å². The first-order valence-corrected chi connectivity index (χ1v) is 11.8. The van der Waals surface area contributed by atoms with Crippen LogP contribution in [-0.2, 0) is 32.1 Å². The van der Waals surface area contributed by atoms with E-state index in [4.69, 9.17) is 10.2 Å². The van der Waals surface area contributed by atoms with Gasteiger partial charge in [0.15, 0.2) is 0 Å². The van der Waals surface area contributed by atoms with Gasteiger partial charge in [-0.1, -0.05) is 87.4 Å². The number of carboxylic acids is 1. The van der Waals surface area contributed by atoms with E-state index in [2.05, 4.69) is 10.2 Å². The molecule has 0 aromatic heterocycles. The molecule has 0 aliphatic carbocycles. The Hall–Kier alpha value is -3.88. The zero-order chi connectivity index (χ0) is 26.6. The van der Waals surface area contributed by atoms with Crippen LogP contribution >= 0.6 is 0 Å². The Balaban J connectivity index is 2.10. The average Bonchev–Trinajstić information content (AvgIpc) is 2.84. The highest BCUT2D eigenvalue weighted by molar-refractivity contribution is 5.86. The van der Waals surface area contributed by atoms with E-state index in [1.165, 1.54) is 0 Å². The van der Waals surface area contributed by atoms with Crippen LogP contribution in [0.2, 0.25) is 0 Å². The van der Waals surface area contributed by atoms with Gasteiger partial charge in [0.05, 0.1) is 10.8 Å². The molecule has 0 spiro atoms. The molecule has 0 fully saturated rings. The van der Waals surface area contributed by atoms with Gasteiger partial charge in [-0.2, -0.15) is 5.48 Å². The topological polar surface area (TPSA) is 142 Å². The zero-order valence-electron chi connectivity index (χ0n) is 20.7. The molecule has 0 saturated heterocycles. The summed E-state index contributed by atoms with van der Waals surface area (Å²) in [4.78, 5) is 51.8. The highest BCUT2D eigenvalue weighted by Crippen LogP contribution is 2.34. The molecule has 9 heteroatoms. The number of hydroxylamine groups is 1. The number of carbonyl (C=O) groups excluding carboxylic acids is 2. The van der Waals surface area contributed by atoms with E-state index in [9.17, 15) is 19.2 Å². The van der Waals surface area contributed by atoms with Gasteiger partial charge in [0.1, 0.15) is 6.54 Å². The van der Waals surface area contributed by atoms with Crippen molar-refractivity contribution in [3.05, 3.63) is 71.8 Å². The summed E-state index contributed by atoms with van der Waals surface area (Å²) in [6.45, 7) is 3.11. The second-order valence-corrected chi connectivity index (χ2v) is 9.53. The molecule has 0 aliphatic heterocycles. The van der Waals surface area contributed by atoms with Gasteiger partial charge in [-0.05, 0) is 36.8 Å². The molecule has 194 valence electrons. The van der Waals surface area contributed by atoms with Crippen LogP contribution in [-0.4, -0.2) is 40.7 Å². The summed E-state index contributed by atoms with van der Waals surface area (Å²) in [6.07, 6.45) is 1.30. The van der Waals surface area contributed by atoms with E-state index in [-0.39, 0.29) is 5.91 Å². The van der Waals surface area contributed by atoms with Crippen molar-refractivity contribution in [1.82, 2.24) is 10.8 Å². The molecule has 36 heavy (non-hydrogen) atoms. The summed E-state index contributed by atoms with van der Waals surface area (Å²) in [7, 11) is 0. The lowest BCUT2D eigenvalue weighted by Crippen LogP contribution is -2.43. The smallest absolute Gasteiger partial charge is 0.480 e. The predicted octanol–water partition coefficient (Wildman–Crippen LogP) is 3.97. The maximum Gasteiger partial charge on any atom is 0.530 e. The first-order chi connectivity index (χ1) is 17.0. The van der Waals surface area contributed by atoms with E-state index < -0.39 is 35.4 Å². The Morgan fingerprint density at radius 2 is 1.19 bits per heavy atom. The fourth-order valence-corrected chi connectivity index (χ4v) is 4.27. The molecule has 4 N–H and O–H groups in total. The molecule has 2 aromatic rings. The monoisotopic (exact) mass is 498 g/mol.